The summed E-state index contributed by atoms with van der Waals surface area (Å²) in [5.41, 5.74) is 2.25. The zero-order chi connectivity index (χ0) is 15.7. The summed E-state index contributed by atoms with van der Waals surface area (Å²) in [6, 6.07) is 7.63. The van der Waals surface area contributed by atoms with Gasteiger partial charge in [-0.1, -0.05) is 18.2 Å². The molecule has 1 N–H and O–H groups in total. The molecule has 1 amide bonds. The lowest BCUT2D eigenvalue weighted by Gasteiger charge is -2.10. The average Bonchev–Trinajstić information content (AvgIpc) is 3.13. The van der Waals surface area contributed by atoms with Gasteiger partial charge in [0.05, 0.1) is 11.7 Å². The summed E-state index contributed by atoms with van der Waals surface area (Å²) in [5, 5.41) is 3.52. The molecule has 0 unspecified atom stereocenters. The standard InChI is InChI=1S/C17H20N2O3/c1-11-15(13-7-3-4-8-14(13)19(11)2)16(20)17(21)18-10-12-6-5-9-22-12/h3-4,7-8,12H,5-6,9-10H2,1-2H3,(H,18,21)/t12-/m0/s1. The summed E-state index contributed by atoms with van der Waals surface area (Å²) in [7, 11) is 1.90. The first-order valence-electron chi connectivity index (χ1n) is 7.57. The Balaban J connectivity index is 1.82. The Morgan fingerprint density at radius 2 is 2.14 bits per heavy atom. The number of benzene rings is 1. The van der Waals surface area contributed by atoms with E-state index >= 15 is 0 Å². The van der Waals surface area contributed by atoms with Crippen LogP contribution in [0.1, 0.15) is 28.9 Å². The number of hydrogen-bond acceptors (Lipinski definition) is 3. The lowest BCUT2D eigenvalue weighted by Crippen LogP contribution is -2.36. The van der Waals surface area contributed by atoms with Crippen molar-refractivity contribution >= 4 is 22.6 Å². The Kier molecular flexibility index (Phi) is 3.98. The van der Waals surface area contributed by atoms with Crippen molar-refractivity contribution in [2.24, 2.45) is 7.05 Å². The highest BCUT2D eigenvalue weighted by Crippen LogP contribution is 2.25. The fourth-order valence-corrected chi connectivity index (χ4v) is 3.01. The molecule has 5 nitrogen and oxygen atoms in total. The molecule has 116 valence electrons. The lowest BCUT2D eigenvalue weighted by molar-refractivity contribution is -0.117. The highest BCUT2D eigenvalue weighted by atomic mass is 16.5. The topological polar surface area (TPSA) is 60.3 Å². The van der Waals surface area contributed by atoms with Crippen LogP contribution in [0.5, 0.6) is 0 Å². The maximum Gasteiger partial charge on any atom is 0.292 e. The Morgan fingerprint density at radius 3 is 2.86 bits per heavy atom. The molecule has 1 aliphatic rings. The minimum Gasteiger partial charge on any atom is -0.376 e. The first-order chi connectivity index (χ1) is 10.6. The maximum absolute atomic E-state index is 12.5. The van der Waals surface area contributed by atoms with E-state index in [1.165, 1.54) is 0 Å². The number of nitrogens with zero attached hydrogens (tertiary/aromatic N) is 1. The lowest BCUT2D eigenvalue weighted by atomic mass is 10.1. The van der Waals surface area contributed by atoms with Gasteiger partial charge in [-0.2, -0.15) is 0 Å². The number of hydrogen-bond donors (Lipinski definition) is 1. The summed E-state index contributed by atoms with van der Waals surface area (Å²) in [4.78, 5) is 24.7. The van der Waals surface area contributed by atoms with Crippen LogP contribution < -0.4 is 5.32 Å². The van der Waals surface area contributed by atoms with Gasteiger partial charge in [-0.15, -0.1) is 0 Å². The van der Waals surface area contributed by atoms with E-state index in [-0.39, 0.29) is 6.10 Å². The molecule has 0 aliphatic carbocycles. The predicted molar refractivity (Wildman–Crippen MR) is 84.0 cm³/mol. The summed E-state index contributed by atoms with van der Waals surface area (Å²) < 4.78 is 7.40. The van der Waals surface area contributed by atoms with Crippen LogP contribution >= 0.6 is 0 Å². The molecule has 1 saturated heterocycles. The molecule has 5 heteroatoms. The zero-order valence-corrected chi connectivity index (χ0v) is 12.9. The molecule has 2 aromatic rings. The van der Waals surface area contributed by atoms with E-state index in [1.54, 1.807) is 0 Å². The van der Waals surface area contributed by atoms with Crippen molar-refractivity contribution in [2.45, 2.75) is 25.9 Å². The molecule has 3 rings (SSSR count). The number of carbonyl (C=O) groups is 2. The Morgan fingerprint density at radius 1 is 1.36 bits per heavy atom. The van der Waals surface area contributed by atoms with E-state index in [0.29, 0.717) is 12.1 Å². The smallest absolute Gasteiger partial charge is 0.292 e. The van der Waals surface area contributed by atoms with Crippen LogP contribution in [0.3, 0.4) is 0 Å². The SMILES string of the molecule is Cc1c(C(=O)C(=O)NC[C@@H]2CCCO2)c2ccccc2n1C. The number of para-hydroxylation sites is 1. The second-order valence-corrected chi connectivity index (χ2v) is 5.71. The molecular weight excluding hydrogens is 280 g/mol. The molecule has 0 spiro atoms. The molecule has 1 fully saturated rings. The molecule has 0 radical (unpaired) electrons. The van der Waals surface area contributed by atoms with Crippen LogP contribution in [0.25, 0.3) is 10.9 Å². The average molecular weight is 300 g/mol. The van der Waals surface area contributed by atoms with E-state index in [9.17, 15) is 9.59 Å². The Bertz CT molecular complexity index is 727. The van der Waals surface area contributed by atoms with Crippen LogP contribution in [0, 0.1) is 6.92 Å². The molecule has 2 heterocycles. The third-order valence-electron chi connectivity index (χ3n) is 4.35. The maximum atomic E-state index is 12.5. The molecule has 0 saturated carbocycles. The zero-order valence-electron chi connectivity index (χ0n) is 12.9. The normalized spacial score (nSPS) is 17.8. The summed E-state index contributed by atoms with van der Waals surface area (Å²) in [5.74, 6) is -1.04. The van der Waals surface area contributed by atoms with Crippen molar-refractivity contribution in [3.8, 4) is 0 Å². The molecule has 1 atom stereocenters. The molecule has 22 heavy (non-hydrogen) atoms. The van der Waals surface area contributed by atoms with Crippen LogP contribution in [-0.2, 0) is 16.6 Å². The number of aromatic nitrogens is 1. The predicted octanol–water partition coefficient (Wildman–Crippen LogP) is 1.96. The fraction of sp³-hybridized carbons (Fsp3) is 0.412. The van der Waals surface area contributed by atoms with Gasteiger partial charge in [-0.05, 0) is 25.8 Å². The van der Waals surface area contributed by atoms with Crippen LogP contribution in [0.15, 0.2) is 24.3 Å². The second-order valence-electron chi connectivity index (χ2n) is 5.71. The van der Waals surface area contributed by atoms with Gasteiger partial charge in [0.2, 0.25) is 0 Å². The first-order valence-corrected chi connectivity index (χ1v) is 7.57. The van der Waals surface area contributed by atoms with Crippen molar-refractivity contribution in [1.82, 2.24) is 9.88 Å². The van der Waals surface area contributed by atoms with Crippen molar-refractivity contribution in [1.29, 1.82) is 0 Å². The largest absolute Gasteiger partial charge is 0.376 e. The minimum atomic E-state index is -0.560. The first kappa shape index (κ1) is 14.8. The number of fused-ring (bicyclic) bond motifs is 1. The second kappa shape index (κ2) is 5.93. The number of carbonyl (C=O) groups excluding carboxylic acids is 2. The summed E-state index contributed by atoms with van der Waals surface area (Å²) >= 11 is 0. The Labute approximate surface area is 129 Å². The molecule has 0 bridgehead atoms. The van der Waals surface area contributed by atoms with Crippen molar-refractivity contribution in [2.75, 3.05) is 13.2 Å². The van der Waals surface area contributed by atoms with Crippen molar-refractivity contribution < 1.29 is 14.3 Å². The minimum absolute atomic E-state index is 0.0327. The quantitative estimate of drug-likeness (QED) is 0.693. The number of nitrogens with one attached hydrogen (secondary N) is 1. The van der Waals surface area contributed by atoms with Crippen LogP contribution in [0.4, 0.5) is 0 Å². The third kappa shape index (κ3) is 2.52. The van der Waals surface area contributed by atoms with Gasteiger partial charge in [-0.25, -0.2) is 0 Å². The van der Waals surface area contributed by atoms with Gasteiger partial charge in [0.1, 0.15) is 0 Å². The van der Waals surface area contributed by atoms with Gasteiger partial charge in [0.15, 0.2) is 0 Å². The Hall–Kier alpha value is -2.14. The molecule has 1 aliphatic heterocycles. The van der Waals surface area contributed by atoms with Gasteiger partial charge in [-0.3, -0.25) is 9.59 Å². The van der Waals surface area contributed by atoms with E-state index in [4.69, 9.17) is 4.74 Å². The van der Waals surface area contributed by atoms with E-state index in [0.717, 1.165) is 36.0 Å². The third-order valence-corrected chi connectivity index (χ3v) is 4.35. The van der Waals surface area contributed by atoms with Gasteiger partial charge >= 0.3 is 0 Å². The number of rotatable bonds is 4. The number of ether oxygens (including phenoxy) is 1. The van der Waals surface area contributed by atoms with Crippen molar-refractivity contribution in [3.05, 3.63) is 35.5 Å². The van der Waals surface area contributed by atoms with Crippen LogP contribution in [0.2, 0.25) is 0 Å². The van der Waals surface area contributed by atoms with Gasteiger partial charge in [0, 0.05) is 36.8 Å². The molecule has 1 aromatic heterocycles. The van der Waals surface area contributed by atoms with E-state index in [2.05, 4.69) is 5.32 Å². The number of ketones is 1. The summed E-state index contributed by atoms with van der Waals surface area (Å²) in [6.45, 7) is 2.99. The number of amides is 1. The highest BCUT2D eigenvalue weighted by Gasteiger charge is 2.25. The van der Waals surface area contributed by atoms with Gasteiger partial charge in [0.25, 0.3) is 11.7 Å². The summed E-state index contributed by atoms with van der Waals surface area (Å²) in [6.07, 6.45) is 1.98. The fourth-order valence-electron chi connectivity index (χ4n) is 3.01. The monoisotopic (exact) mass is 300 g/mol. The number of aryl methyl sites for hydroxylation is 1. The molecular formula is C17H20N2O3. The van der Waals surface area contributed by atoms with Crippen molar-refractivity contribution in [3.63, 3.8) is 0 Å². The van der Waals surface area contributed by atoms with E-state index in [1.807, 2.05) is 42.8 Å². The highest BCUT2D eigenvalue weighted by molar-refractivity contribution is 6.45. The van der Waals surface area contributed by atoms with Gasteiger partial charge < -0.3 is 14.6 Å². The van der Waals surface area contributed by atoms with E-state index < -0.39 is 11.7 Å². The van der Waals surface area contributed by atoms with Crippen LogP contribution in [-0.4, -0.2) is 35.5 Å². The molecule has 1 aromatic carbocycles. The number of Topliss-reactive ketones (excluding diaryl/α,β-unsaturated/α-hetero) is 1.